The average molecular weight is 231 g/mol. The number of methoxy groups -OCH3 is 2. The highest BCUT2D eigenvalue weighted by Crippen LogP contribution is 2.12. The molecule has 0 saturated heterocycles. The molecule has 0 aromatic carbocycles. The summed E-state index contributed by atoms with van der Waals surface area (Å²) in [5, 5.41) is 3.16. The van der Waals surface area contributed by atoms with Crippen molar-refractivity contribution in [2.45, 2.75) is 6.04 Å². The quantitative estimate of drug-likeness (QED) is 0.757. The van der Waals surface area contributed by atoms with Crippen LogP contribution in [-0.2, 0) is 4.74 Å². The van der Waals surface area contributed by atoms with Crippen LogP contribution in [0.3, 0.4) is 0 Å². The molecule has 1 unspecified atom stereocenters. The van der Waals surface area contributed by atoms with Crippen LogP contribution in [0.2, 0.25) is 0 Å². The number of rotatable bonds is 6. The Morgan fingerprint density at radius 2 is 2.27 bits per heavy atom. The minimum Gasteiger partial charge on any atom is -0.495 e. The first-order chi connectivity index (χ1) is 7.30. The second kappa shape index (κ2) is 6.48. The summed E-state index contributed by atoms with van der Waals surface area (Å²) < 4.78 is 10.0. The van der Waals surface area contributed by atoms with Crippen molar-refractivity contribution in [3.8, 4) is 5.75 Å². The minimum atomic E-state index is 0.0672. The molecule has 0 fully saturated rings. The van der Waals surface area contributed by atoms with Crippen LogP contribution in [0.4, 0.5) is 5.82 Å². The van der Waals surface area contributed by atoms with Crippen molar-refractivity contribution in [1.29, 1.82) is 0 Å². The SMILES string of the molecule is COCC(CCl)Nc1ccc(OC)cn1. The fourth-order valence-electron chi connectivity index (χ4n) is 1.12. The van der Waals surface area contributed by atoms with Gasteiger partial charge < -0.3 is 14.8 Å². The highest BCUT2D eigenvalue weighted by Gasteiger charge is 2.06. The van der Waals surface area contributed by atoms with Crippen LogP contribution in [0.1, 0.15) is 0 Å². The normalized spacial score (nSPS) is 12.2. The van der Waals surface area contributed by atoms with E-state index in [0.29, 0.717) is 12.5 Å². The number of hydrogen-bond donors (Lipinski definition) is 1. The van der Waals surface area contributed by atoms with Crippen LogP contribution in [0.5, 0.6) is 5.75 Å². The first kappa shape index (κ1) is 12.1. The van der Waals surface area contributed by atoms with Crippen molar-refractivity contribution in [2.24, 2.45) is 0 Å². The molecule has 1 aromatic rings. The Morgan fingerprint density at radius 1 is 1.47 bits per heavy atom. The Bertz CT molecular complexity index is 279. The molecule has 0 aliphatic carbocycles. The van der Waals surface area contributed by atoms with Gasteiger partial charge in [0.05, 0.1) is 26.0 Å². The molecule has 0 aliphatic heterocycles. The molecule has 84 valence electrons. The molecular weight excluding hydrogens is 216 g/mol. The molecule has 1 N–H and O–H groups in total. The number of ether oxygens (including phenoxy) is 2. The maximum absolute atomic E-state index is 5.76. The van der Waals surface area contributed by atoms with E-state index in [1.807, 2.05) is 12.1 Å². The number of aromatic nitrogens is 1. The topological polar surface area (TPSA) is 43.4 Å². The smallest absolute Gasteiger partial charge is 0.137 e. The molecule has 0 radical (unpaired) electrons. The van der Waals surface area contributed by atoms with Crippen LogP contribution >= 0.6 is 11.6 Å². The Hall–Kier alpha value is -1.00. The van der Waals surface area contributed by atoms with Gasteiger partial charge in [-0.15, -0.1) is 11.6 Å². The van der Waals surface area contributed by atoms with Crippen molar-refractivity contribution in [2.75, 3.05) is 32.0 Å². The maximum atomic E-state index is 5.76. The lowest BCUT2D eigenvalue weighted by Crippen LogP contribution is -2.27. The van der Waals surface area contributed by atoms with Crippen LogP contribution in [-0.4, -0.2) is 37.7 Å². The van der Waals surface area contributed by atoms with Gasteiger partial charge in [0.2, 0.25) is 0 Å². The predicted molar refractivity (Wildman–Crippen MR) is 60.8 cm³/mol. The maximum Gasteiger partial charge on any atom is 0.137 e. The van der Waals surface area contributed by atoms with E-state index in [0.717, 1.165) is 11.6 Å². The van der Waals surface area contributed by atoms with Gasteiger partial charge in [0.15, 0.2) is 0 Å². The van der Waals surface area contributed by atoms with Crippen LogP contribution < -0.4 is 10.1 Å². The van der Waals surface area contributed by atoms with E-state index < -0.39 is 0 Å². The number of hydrogen-bond acceptors (Lipinski definition) is 4. The molecule has 15 heavy (non-hydrogen) atoms. The molecule has 0 bridgehead atoms. The number of nitrogens with one attached hydrogen (secondary N) is 1. The summed E-state index contributed by atoms with van der Waals surface area (Å²) in [5.74, 6) is 1.97. The molecule has 1 heterocycles. The zero-order chi connectivity index (χ0) is 11.1. The van der Waals surface area contributed by atoms with E-state index in [-0.39, 0.29) is 6.04 Å². The Kier molecular flexibility index (Phi) is 5.21. The third-order valence-electron chi connectivity index (χ3n) is 1.88. The van der Waals surface area contributed by atoms with Crippen molar-refractivity contribution in [1.82, 2.24) is 4.98 Å². The van der Waals surface area contributed by atoms with Gasteiger partial charge in [0.1, 0.15) is 11.6 Å². The number of anilines is 1. The molecule has 0 saturated carbocycles. The van der Waals surface area contributed by atoms with Crippen LogP contribution in [0.15, 0.2) is 18.3 Å². The van der Waals surface area contributed by atoms with Gasteiger partial charge in [-0.3, -0.25) is 0 Å². The summed E-state index contributed by atoms with van der Waals surface area (Å²) in [5.41, 5.74) is 0. The van der Waals surface area contributed by atoms with Crippen LogP contribution in [0, 0.1) is 0 Å². The molecule has 0 amide bonds. The molecule has 5 heteroatoms. The van der Waals surface area contributed by atoms with Gasteiger partial charge in [0, 0.05) is 13.0 Å². The first-order valence-electron chi connectivity index (χ1n) is 4.61. The lowest BCUT2D eigenvalue weighted by atomic mass is 10.3. The van der Waals surface area contributed by atoms with Crippen molar-refractivity contribution in [3.63, 3.8) is 0 Å². The summed E-state index contributed by atoms with van der Waals surface area (Å²) in [7, 11) is 3.25. The third kappa shape index (κ3) is 3.93. The molecule has 1 aromatic heterocycles. The second-order valence-electron chi connectivity index (χ2n) is 3.03. The largest absolute Gasteiger partial charge is 0.495 e. The van der Waals surface area contributed by atoms with Gasteiger partial charge in [-0.2, -0.15) is 0 Å². The molecule has 4 nitrogen and oxygen atoms in total. The number of pyridine rings is 1. The van der Waals surface area contributed by atoms with E-state index in [1.165, 1.54) is 0 Å². The highest BCUT2D eigenvalue weighted by atomic mass is 35.5. The fraction of sp³-hybridized carbons (Fsp3) is 0.500. The monoisotopic (exact) mass is 230 g/mol. The summed E-state index contributed by atoms with van der Waals surface area (Å²) >= 11 is 5.76. The molecule has 1 rings (SSSR count). The lowest BCUT2D eigenvalue weighted by molar-refractivity contribution is 0.191. The van der Waals surface area contributed by atoms with E-state index in [2.05, 4.69) is 10.3 Å². The van der Waals surface area contributed by atoms with Gasteiger partial charge in [-0.1, -0.05) is 0 Å². The third-order valence-corrected chi connectivity index (χ3v) is 2.25. The van der Waals surface area contributed by atoms with Gasteiger partial charge in [-0.05, 0) is 12.1 Å². The highest BCUT2D eigenvalue weighted by molar-refractivity contribution is 6.18. The van der Waals surface area contributed by atoms with Crippen LogP contribution in [0.25, 0.3) is 0 Å². The zero-order valence-corrected chi connectivity index (χ0v) is 9.62. The summed E-state index contributed by atoms with van der Waals surface area (Å²) in [6, 6.07) is 3.75. The summed E-state index contributed by atoms with van der Waals surface area (Å²) in [6.45, 7) is 0.553. The van der Waals surface area contributed by atoms with Gasteiger partial charge in [0.25, 0.3) is 0 Å². The first-order valence-corrected chi connectivity index (χ1v) is 5.15. The average Bonchev–Trinajstić information content (AvgIpc) is 2.29. The van der Waals surface area contributed by atoms with Crippen molar-refractivity contribution < 1.29 is 9.47 Å². The molecule has 1 atom stereocenters. The number of nitrogens with zero attached hydrogens (tertiary/aromatic N) is 1. The Labute approximate surface area is 94.6 Å². The summed E-state index contributed by atoms with van der Waals surface area (Å²) in [6.07, 6.45) is 1.65. The van der Waals surface area contributed by atoms with E-state index >= 15 is 0 Å². The predicted octanol–water partition coefficient (Wildman–Crippen LogP) is 1.76. The molecular formula is C10H15ClN2O2. The second-order valence-corrected chi connectivity index (χ2v) is 3.34. The fourth-order valence-corrected chi connectivity index (χ4v) is 1.29. The Balaban J connectivity index is 2.55. The van der Waals surface area contributed by atoms with E-state index in [4.69, 9.17) is 21.1 Å². The number of alkyl halides is 1. The zero-order valence-electron chi connectivity index (χ0n) is 8.87. The van der Waals surface area contributed by atoms with Crippen molar-refractivity contribution >= 4 is 17.4 Å². The van der Waals surface area contributed by atoms with Gasteiger partial charge >= 0.3 is 0 Å². The molecule has 0 aliphatic rings. The Morgan fingerprint density at radius 3 is 2.73 bits per heavy atom. The standard InChI is InChI=1S/C10H15ClN2O2/c1-14-7-8(5-11)13-10-4-3-9(15-2)6-12-10/h3-4,6,8H,5,7H2,1-2H3,(H,12,13). The molecule has 0 spiro atoms. The van der Waals surface area contributed by atoms with E-state index in [1.54, 1.807) is 20.4 Å². The summed E-state index contributed by atoms with van der Waals surface area (Å²) in [4.78, 5) is 4.17. The van der Waals surface area contributed by atoms with Crippen molar-refractivity contribution in [3.05, 3.63) is 18.3 Å². The van der Waals surface area contributed by atoms with E-state index in [9.17, 15) is 0 Å². The number of halogens is 1. The van der Waals surface area contributed by atoms with Gasteiger partial charge in [-0.25, -0.2) is 4.98 Å². The minimum absolute atomic E-state index is 0.0672. The lowest BCUT2D eigenvalue weighted by Gasteiger charge is -2.15.